The minimum atomic E-state index is -3.35. The number of benzene rings is 1. The summed E-state index contributed by atoms with van der Waals surface area (Å²) in [5.41, 5.74) is 2.18. The molecule has 0 aromatic heterocycles. The van der Waals surface area contributed by atoms with Crippen LogP contribution in [0.15, 0.2) is 18.2 Å². The van der Waals surface area contributed by atoms with Crippen molar-refractivity contribution < 1.29 is 9.09 Å². The second kappa shape index (κ2) is 12.2. The Morgan fingerprint density at radius 2 is 1.41 bits per heavy atom. The van der Waals surface area contributed by atoms with Gasteiger partial charge >= 0.3 is 23.9 Å². The first-order chi connectivity index (χ1) is 9.98. The standard InChI is InChI=1S/C16H27O2PS2.Sn.2H/c1-3-5-7-10-14-12-9-13-15(11-8-6-4-2)16(14)18-19(17,20)21;;;/h9,12-13H,3-8,10-11H2,1-2H3,(H2,17,20,21);;;/q;+2;;/p-2. The van der Waals surface area contributed by atoms with Crippen LogP contribution in [0.1, 0.15) is 63.5 Å². The van der Waals surface area contributed by atoms with Crippen LogP contribution < -0.4 is 4.52 Å². The molecule has 124 valence electrons. The van der Waals surface area contributed by atoms with Crippen molar-refractivity contribution in [1.29, 1.82) is 0 Å². The predicted molar refractivity (Wildman–Crippen MR) is 104 cm³/mol. The van der Waals surface area contributed by atoms with E-state index >= 15 is 0 Å². The Balaban J connectivity index is 0.00000441. The van der Waals surface area contributed by atoms with E-state index in [0.717, 1.165) is 36.8 Å². The Morgan fingerprint density at radius 3 is 1.77 bits per heavy atom. The van der Waals surface area contributed by atoms with Crippen molar-refractivity contribution in [2.45, 2.75) is 65.2 Å². The van der Waals surface area contributed by atoms with Crippen molar-refractivity contribution >= 4 is 54.2 Å². The number of hydrogen-bond donors (Lipinski definition) is 0. The van der Waals surface area contributed by atoms with Crippen LogP contribution in [-0.2, 0) is 41.9 Å². The Morgan fingerprint density at radius 1 is 0.955 bits per heavy atom. The van der Waals surface area contributed by atoms with E-state index in [4.69, 9.17) is 29.0 Å². The van der Waals surface area contributed by atoms with Gasteiger partial charge < -0.3 is 33.6 Å². The molecule has 22 heavy (non-hydrogen) atoms. The molecule has 0 saturated carbocycles. The van der Waals surface area contributed by atoms with Gasteiger partial charge in [0.15, 0.2) is 0 Å². The molecular formula is C16H27O2PS2Sn. The Labute approximate surface area is 162 Å². The van der Waals surface area contributed by atoms with Crippen LogP contribution in [0.25, 0.3) is 0 Å². The minimum absolute atomic E-state index is 0. The van der Waals surface area contributed by atoms with E-state index in [1.54, 1.807) is 0 Å². The molecule has 0 atom stereocenters. The monoisotopic (exact) mass is 466 g/mol. The second-order valence-corrected chi connectivity index (χ2v) is 10.0. The summed E-state index contributed by atoms with van der Waals surface area (Å²) < 4.78 is 17.3. The first kappa shape index (κ1) is 22.7. The molecule has 0 aliphatic rings. The molecule has 0 aliphatic heterocycles. The third-order valence-corrected chi connectivity index (χ3v) is 4.33. The van der Waals surface area contributed by atoms with Gasteiger partial charge in [-0.3, -0.25) is 0 Å². The van der Waals surface area contributed by atoms with Gasteiger partial charge in [-0.05, 0) is 42.6 Å². The molecule has 1 aromatic carbocycles. The summed E-state index contributed by atoms with van der Waals surface area (Å²) in [7, 11) is 0. The molecule has 0 N–H and O–H groups in total. The zero-order valence-corrected chi connectivity index (χ0v) is 20.2. The molecule has 0 radical (unpaired) electrons. The predicted octanol–water partition coefficient (Wildman–Crippen LogP) is 4.82. The molecule has 0 aliphatic carbocycles. The van der Waals surface area contributed by atoms with E-state index in [0.29, 0.717) is 5.75 Å². The molecule has 0 saturated heterocycles. The molecular weight excluding hydrogens is 438 g/mol. The maximum atomic E-state index is 11.8. The molecule has 1 aromatic rings. The van der Waals surface area contributed by atoms with Crippen molar-refractivity contribution in [3.63, 3.8) is 0 Å². The van der Waals surface area contributed by atoms with Gasteiger partial charge in [0.05, 0.1) is 0 Å². The van der Waals surface area contributed by atoms with E-state index in [-0.39, 0.29) is 23.9 Å². The van der Waals surface area contributed by atoms with Gasteiger partial charge in [-0.1, -0.05) is 57.7 Å². The van der Waals surface area contributed by atoms with Gasteiger partial charge in [0.25, 0.3) is 0 Å². The molecule has 0 amide bonds. The average Bonchev–Trinajstić information content (AvgIpc) is 2.41. The van der Waals surface area contributed by atoms with Gasteiger partial charge in [-0.25, -0.2) is 0 Å². The van der Waals surface area contributed by atoms with E-state index in [1.807, 2.05) is 18.2 Å². The summed E-state index contributed by atoms with van der Waals surface area (Å²) in [6.07, 6.45) is 8.76. The quantitative estimate of drug-likeness (QED) is 0.214. The Hall–Kier alpha value is 0.749. The second-order valence-electron chi connectivity index (χ2n) is 5.36. The fraction of sp³-hybridized carbons (Fsp3) is 0.625. The van der Waals surface area contributed by atoms with Crippen LogP contribution in [0.5, 0.6) is 5.75 Å². The van der Waals surface area contributed by atoms with Crippen LogP contribution in [0.3, 0.4) is 0 Å². The zero-order valence-electron chi connectivity index (χ0n) is 13.7. The van der Waals surface area contributed by atoms with E-state index in [9.17, 15) is 4.57 Å². The number of unbranched alkanes of at least 4 members (excludes halogenated alkanes) is 4. The van der Waals surface area contributed by atoms with Crippen molar-refractivity contribution in [3.05, 3.63) is 29.3 Å². The average molecular weight is 465 g/mol. The normalized spacial score (nSPS) is 11.1. The fourth-order valence-corrected chi connectivity index (χ4v) is 3.30. The first-order valence-corrected chi connectivity index (χ1v) is 11.5. The first-order valence-electron chi connectivity index (χ1n) is 7.80. The van der Waals surface area contributed by atoms with Gasteiger partial charge in [-0.2, -0.15) is 0 Å². The summed E-state index contributed by atoms with van der Waals surface area (Å²) in [5.74, 6) is -2.66. The number of aryl methyl sites for hydroxylation is 2. The van der Waals surface area contributed by atoms with Crippen molar-refractivity contribution in [3.8, 4) is 5.75 Å². The van der Waals surface area contributed by atoms with Crippen molar-refractivity contribution in [1.82, 2.24) is 0 Å². The van der Waals surface area contributed by atoms with Crippen LogP contribution >= 0.6 is 5.77 Å². The molecule has 6 heteroatoms. The fourth-order valence-electron chi connectivity index (χ4n) is 2.39. The number of hydrogen-bond acceptors (Lipinski definition) is 4. The van der Waals surface area contributed by atoms with Gasteiger partial charge in [0, 0.05) is 0 Å². The van der Waals surface area contributed by atoms with Crippen LogP contribution in [0.2, 0.25) is 0 Å². The molecule has 0 bridgehead atoms. The van der Waals surface area contributed by atoms with E-state index in [1.165, 1.54) is 25.7 Å². The van der Waals surface area contributed by atoms with Gasteiger partial charge in [-0.15, -0.1) is 0 Å². The van der Waals surface area contributed by atoms with Crippen molar-refractivity contribution in [2.24, 2.45) is 0 Å². The third-order valence-electron chi connectivity index (χ3n) is 3.48. The summed E-state index contributed by atoms with van der Waals surface area (Å²) in [6.45, 7) is 4.36. The Kier molecular flexibility index (Phi) is 12.6. The summed E-state index contributed by atoms with van der Waals surface area (Å²) in [6, 6.07) is 6.12. The zero-order chi connectivity index (χ0) is 15.7. The SMILES string of the molecule is CCCCCc1cccc(CCCCC)c1OP(=O)([S-])[S-].[SnH2+2]. The Bertz CT molecular complexity index is 449. The van der Waals surface area contributed by atoms with Crippen LogP contribution in [0.4, 0.5) is 0 Å². The number of para-hydroxylation sites is 1. The van der Waals surface area contributed by atoms with E-state index in [2.05, 4.69) is 13.8 Å². The van der Waals surface area contributed by atoms with Gasteiger partial charge in [0.1, 0.15) is 5.75 Å². The van der Waals surface area contributed by atoms with E-state index < -0.39 is 5.77 Å². The molecule has 1 rings (SSSR count). The topological polar surface area (TPSA) is 26.3 Å². The third kappa shape index (κ3) is 9.14. The summed E-state index contributed by atoms with van der Waals surface area (Å²) in [5, 5.41) is 0. The molecule has 0 fully saturated rings. The summed E-state index contributed by atoms with van der Waals surface area (Å²) in [4.78, 5) is 0. The van der Waals surface area contributed by atoms with Crippen LogP contribution in [0, 0.1) is 0 Å². The van der Waals surface area contributed by atoms with Gasteiger partial charge in [0.2, 0.25) is 0 Å². The van der Waals surface area contributed by atoms with Crippen LogP contribution in [-0.4, -0.2) is 23.9 Å². The number of rotatable bonds is 10. The molecule has 0 spiro atoms. The summed E-state index contributed by atoms with van der Waals surface area (Å²) >= 11 is 9.61. The maximum absolute atomic E-state index is 11.8. The molecule has 0 unspecified atom stereocenters. The molecule has 0 heterocycles. The van der Waals surface area contributed by atoms with Crippen molar-refractivity contribution in [2.75, 3.05) is 0 Å². The molecule has 2 nitrogen and oxygen atoms in total.